The number of hydrogen-bond acceptors (Lipinski definition) is 2. The Balaban J connectivity index is 3.25. The number of nitriles is 1. The first-order chi connectivity index (χ1) is 6.56. The van der Waals surface area contributed by atoms with Crippen molar-refractivity contribution in [3.05, 3.63) is 26.8 Å². The molecule has 0 bridgehead atoms. The van der Waals surface area contributed by atoms with Gasteiger partial charge in [-0.2, -0.15) is 9.65 Å². The van der Waals surface area contributed by atoms with Crippen molar-refractivity contribution in [3.8, 4) is 6.07 Å². The summed E-state index contributed by atoms with van der Waals surface area (Å²) in [5, 5.41) is 8.33. The highest BCUT2D eigenvalue weighted by molar-refractivity contribution is 14.1. The van der Waals surface area contributed by atoms with Crippen molar-refractivity contribution >= 4 is 22.6 Å². The molecule has 0 aliphatic carbocycles. The van der Waals surface area contributed by atoms with Crippen LogP contribution in [0.15, 0.2) is 6.07 Å². The van der Waals surface area contributed by atoms with E-state index in [0.717, 1.165) is 6.07 Å². The zero-order valence-electron chi connectivity index (χ0n) is 6.77. The molecule has 1 heterocycles. The zero-order chi connectivity index (χ0) is 10.7. The van der Waals surface area contributed by atoms with Crippen LogP contribution in [0.25, 0.3) is 0 Å². The number of halogens is 4. The van der Waals surface area contributed by atoms with Crippen molar-refractivity contribution in [2.75, 3.05) is 0 Å². The Bertz CT molecular complexity index is 387. The summed E-state index contributed by atoms with van der Waals surface area (Å²) in [6, 6.07) is 2.68. The van der Waals surface area contributed by atoms with E-state index in [1.54, 1.807) is 28.7 Å². The van der Waals surface area contributed by atoms with E-state index in [1.807, 2.05) is 0 Å². The topological polar surface area (TPSA) is 36.7 Å². The van der Waals surface area contributed by atoms with Gasteiger partial charge in [-0.05, 0) is 28.7 Å². The van der Waals surface area contributed by atoms with Crippen molar-refractivity contribution in [3.63, 3.8) is 0 Å². The SMILES string of the molecule is N#CCc1nc(F)c(I)cc1C(F)F. The summed E-state index contributed by atoms with van der Waals surface area (Å²) >= 11 is 1.57. The molecule has 1 aromatic rings. The predicted octanol–water partition coefficient (Wildman–Crippen LogP) is 2.83. The van der Waals surface area contributed by atoms with Gasteiger partial charge >= 0.3 is 0 Å². The number of hydrogen-bond donors (Lipinski definition) is 0. The van der Waals surface area contributed by atoms with E-state index in [-0.39, 0.29) is 21.2 Å². The van der Waals surface area contributed by atoms with Gasteiger partial charge in [0.2, 0.25) is 5.95 Å². The van der Waals surface area contributed by atoms with E-state index < -0.39 is 12.4 Å². The average molecular weight is 312 g/mol. The molecule has 0 atom stereocenters. The quantitative estimate of drug-likeness (QED) is 0.622. The smallest absolute Gasteiger partial charge is 0.222 e. The van der Waals surface area contributed by atoms with Crippen LogP contribution >= 0.6 is 22.6 Å². The lowest BCUT2D eigenvalue weighted by atomic mass is 10.1. The molecule has 1 aromatic heterocycles. The fourth-order valence-corrected chi connectivity index (χ4v) is 1.38. The molecule has 0 unspecified atom stereocenters. The van der Waals surface area contributed by atoms with Gasteiger partial charge in [0.05, 0.1) is 21.8 Å². The monoisotopic (exact) mass is 312 g/mol. The second-order valence-electron chi connectivity index (χ2n) is 2.43. The number of pyridine rings is 1. The number of alkyl halides is 2. The second kappa shape index (κ2) is 4.59. The molecule has 0 aromatic carbocycles. The van der Waals surface area contributed by atoms with Crippen LogP contribution in [-0.4, -0.2) is 4.98 Å². The van der Waals surface area contributed by atoms with Crippen LogP contribution in [0.1, 0.15) is 17.7 Å². The molecular formula is C8H4F3IN2. The minimum atomic E-state index is -2.74. The van der Waals surface area contributed by atoms with Crippen LogP contribution in [0.4, 0.5) is 13.2 Å². The average Bonchev–Trinajstić information content (AvgIpc) is 2.11. The third-order valence-electron chi connectivity index (χ3n) is 1.53. The zero-order valence-corrected chi connectivity index (χ0v) is 8.93. The molecule has 1 rings (SSSR count). The van der Waals surface area contributed by atoms with Gasteiger partial charge in [0, 0.05) is 5.56 Å². The summed E-state index contributed by atoms with van der Waals surface area (Å²) in [5.74, 6) is -0.819. The van der Waals surface area contributed by atoms with Gasteiger partial charge in [-0.15, -0.1) is 0 Å². The normalized spacial score (nSPS) is 10.3. The minimum absolute atomic E-state index is 0.0274. The summed E-state index contributed by atoms with van der Waals surface area (Å²) in [7, 11) is 0. The molecular weight excluding hydrogens is 308 g/mol. The van der Waals surface area contributed by atoms with Crippen LogP contribution in [-0.2, 0) is 6.42 Å². The summed E-state index contributed by atoms with van der Waals surface area (Å²) in [5.41, 5.74) is -0.572. The lowest BCUT2D eigenvalue weighted by Gasteiger charge is -2.05. The number of rotatable bonds is 2. The molecule has 0 aliphatic rings. The van der Waals surface area contributed by atoms with E-state index in [4.69, 9.17) is 5.26 Å². The van der Waals surface area contributed by atoms with Crippen molar-refractivity contribution in [1.82, 2.24) is 4.98 Å². The van der Waals surface area contributed by atoms with E-state index >= 15 is 0 Å². The Morgan fingerprint density at radius 3 is 2.71 bits per heavy atom. The first-order valence-corrected chi connectivity index (χ1v) is 4.64. The van der Waals surface area contributed by atoms with Gasteiger partial charge < -0.3 is 0 Å². The largest absolute Gasteiger partial charge is 0.265 e. The van der Waals surface area contributed by atoms with Gasteiger partial charge in [0.1, 0.15) is 0 Å². The summed E-state index contributed by atoms with van der Waals surface area (Å²) in [4.78, 5) is 3.31. The van der Waals surface area contributed by atoms with Gasteiger partial charge in [-0.1, -0.05) is 0 Å². The van der Waals surface area contributed by atoms with Crippen molar-refractivity contribution in [1.29, 1.82) is 5.26 Å². The van der Waals surface area contributed by atoms with Gasteiger partial charge in [-0.25, -0.2) is 13.8 Å². The van der Waals surface area contributed by atoms with Crippen molar-refractivity contribution in [2.24, 2.45) is 0 Å². The molecule has 2 nitrogen and oxygen atoms in total. The Morgan fingerprint density at radius 1 is 1.57 bits per heavy atom. The maximum absolute atomic E-state index is 12.9. The molecule has 0 N–H and O–H groups in total. The number of nitrogens with zero attached hydrogens (tertiary/aromatic N) is 2. The summed E-state index contributed by atoms with van der Waals surface area (Å²) in [6.45, 7) is 0. The fourth-order valence-electron chi connectivity index (χ4n) is 0.921. The molecule has 6 heteroatoms. The summed E-state index contributed by atoms with van der Waals surface area (Å²) in [6.07, 6.45) is -3.05. The van der Waals surface area contributed by atoms with Crippen LogP contribution in [0.2, 0.25) is 0 Å². The first kappa shape index (κ1) is 11.2. The molecule has 0 spiro atoms. The summed E-state index contributed by atoms with van der Waals surface area (Å²) < 4.78 is 37.7. The van der Waals surface area contributed by atoms with E-state index in [2.05, 4.69) is 4.98 Å². The Labute approximate surface area is 91.9 Å². The van der Waals surface area contributed by atoms with Gasteiger partial charge in [0.25, 0.3) is 6.43 Å². The molecule has 0 saturated carbocycles. The minimum Gasteiger partial charge on any atom is -0.222 e. The van der Waals surface area contributed by atoms with Gasteiger partial charge in [0.15, 0.2) is 0 Å². The van der Waals surface area contributed by atoms with Gasteiger partial charge in [-0.3, -0.25) is 0 Å². The third kappa shape index (κ3) is 2.35. The standard InChI is InChI=1S/C8H4F3IN2/c9-7(10)4-3-5(12)8(11)14-6(4)1-2-13/h3,7H,1H2. The fraction of sp³-hybridized carbons (Fsp3) is 0.250. The molecule has 0 fully saturated rings. The first-order valence-electron chi connectivity index (χ1n) is 3.56. The van der Waals surface area contributed by atoms with E-state index in [0.29, 0.717) is 0 Å². The lowest BCUT2D eigenvalue weighted by Crippen LogP contribution is -2.02. The molecule has 74 valence electrons. The highest BCUT2D eigenvalue weighted by atomic mass is 127. The second-order valence-corrected chi connectivity index (χ2v) is 3.59. The van der Waals surface area contributed by atoms with Crippen LogP contribution in [0.5, 0.6) is 0 Å². The highest BCUT2D eigenvalue weighted by Gasteiger charge is 2.17. The molecule has 0 aliphatic heterocycles. The van der Waals surface area contributed by atoms with E-state index in [1.165, 1.54) is 0 Å². The third-order valence-corrected chi connectivity index (χ3v) is 2.28. The molecule has 14 heavy (non-hydrogen) atoms. The molecule has 0 saturated heterocycles. The maximum atomic E-state index is 12.9. The highest BCUT2D eigenvalue weighted by Crippen LogP contribution is 2.24. The Kier molecular flexibility index (Phi) is 3.69. The Hall–Kier alpha value is -0.840. The van der Waals surface area contributed by atoms with Crippen LogP contribution in [0.3, 0.4) is 0 Å². The van der Waals surface area contributed by atoms with Crippen LogP contribution in [0, 0.1) is 20.8 Å². The Morgan fingerprint density at radius 2 is 2.21 bits per heavy atom. The van der Waals surface area contributed by atoms with Crippen LogP contribution < -0.4 is 0 Å². The molecule has 0 radical (unpaired) electrons. The van der Waals surface area contributed by atoms with E-state index in [9.17, 15) is 13.2 Å². The molecule has 0 amide bonds. The number of aromatic nitrogens is 1. The van der Waals surface area contributed by atoms with Crippen molar-refractivity contribution in [2.45, 2.75) is 12.8 Å². The maximum Gasteiger partial charge on any atom is 0.265 e. The van der Waals surface area contributed by atoms with Crippen molar-refractivity contribution < 1.29 is 13.2 Å². The lowest BCUT2D eigenvalue weighted by molar-refractivity contribution is 0.149. The predicted molar refractivity (Wildman–Crippen MR) is 51.2 cm³/mol.